The fraction of sp³-hybridized carbons (Fsp3) is 0.400. The average Bonchev–Trinajstić information content (AvgIpc) is 2.95. The van der Waals surface area contributed by atoms with Crippen LogP contribution >= 0.6 is 12.2 Å². The maximum Gasteiger partial charge on any atom is 0.232 e. The molecule has 1 aliphatic rings. The molecule has 0 radical (unpaired) electrons. The second-order valence-corrected chi connectivity index (χ2v) is 5.79. The van der Waals surface area contributed by atoms with Crippen molar-refractivity contribution in [2.45, 2.75) is 12.8 Å². The number of benzene rings is 1. The Labute approximate surface area is 129 Å². The molecular formula is C15H19N3O2S. The number of carbonyl (C=O) groups excluding carboxylic acids is 2. The molecule has 4 N–H and O–H groups in total. The van der Waals surface area contributed by atoms with E-state index in [1.54, 1.807) is 4.90 Å². The molecule has 1 fully saturated rings. The molecule has 0 aromatic heterocycles. The summed E-state index contributed by atoms with van der Waals surface area (Å²) < 4.78 is 0. The van der Waals surface area contributed by atoms with E-state index in [0.29, 0.717) is 25.9 Å². The lowest BCUT2D eigenvalue weighted by molar-refractivity contribution is -0.132. The molecule has 2 amide bonds. The first-order chi connectivity index (χ1) is 9.99. The number of nitrogens with two attached hydrogens (primary N) is 2. The third-order valence-corrected chi connectivity index (χ3v) is 4.11. The third-order valence-electron chi connectivity index (χ3n) is 3.83. The number of nitrogens with zero attached hydrogens (tertiary/aromatic N) is 1. The lowest BCUT2D eigenvalue weighted by Gasteiger charge is -2.22. The van der Waals surface area contributed by atoms with Crippen LogP contribution in [0, 0.1) is 11.8 Å². The van der Waals surface area contributed by atoms with Crippen LogP contribution in [0.4, 0.5) is 0 Å². The van der Waals surface area contributed by atoms with Gasteiger partial charge < -0.3 is 16.4 Å². The Morgan fingerprint density at radius 2 is 1.95 bits per heavy atom. The van der Waals surface area contributed by atoms with Gasteiger partial charge in [0.25, 0.3) is 0 Å². The molecule has 1 aliphatic heterocycles. The zero-order chi connectivity index (χ0) is 15.4. The molecule has 112 valence electrons. The quantitative estimate of drug-likeness (QED) is 0.774. The van der Waals surface area contributed by atoms with Crippen molar-refractivity contribution in [3.63, 3.8) is 0 Å². The largest absolute Gasteiger partial charge is 0.393 e. The molecule has 1 aromatic rings. The average molecular weight is 305 g/mol. The summed E-state index contributed by atoms with van der Waals surface area (Å²) in [6.45, 7) is 0.891. The molecule has 1 heterocycles. The van der Waals surface area contributed by atoms with Gasteiger partial charge in [-0.1, -0.05) is 42.5 Å². The van der Waals surface area contributed by atoms with Crippen molar-refractivity contribution in [2.75, 3.05) is 13.1 Å². The van der Waals surface area contributed by atoms with Gasteiger partial charge >= 0.3 is 0 Å². The molecular weight excluding hydrogens is 286 g/mol. The summed E-state index contributed by atoms with van der Waals surface area (Å²) in [5.74, 6) is -1.28. The number of primary amides is 1. The fourth-order valence-corrected chi connectivity index (χ4v) is 2.76. The molecule has 1 saturated heterocycles. The number of hydrogen-bond acceptors (Lipinski definition) is 3. The van der Waals surface area contributed by atoms with Crippen molar-refractivity contribution in [1.82, 2.24) is 4.90 Å². The Morgan fingerprint density at radius 3 is 2.48 bits per heavy atom. The van der Waals surface area contributed by atoms with Crippen LogP contribution in [0.3, 0.4) is 0 Å². The minimum atomic E-state index is -0.533. The Kier molecular flexibility index (Phi) is 4.90. The Bertz CT molecular complexity index is 547. The molecule has 21 heavy (non-hydrogen) atoms. The molecule has 1 aromatic carbocycles. The van der Waals surface area contributed by atoms with Gasteiger partial charge in [-0.15, -0.1) is 0 Å². The summed E-state index contributed by atoms with van der Waals surface area (Å²) in [7, 11) is 0. The molecule has 2 atom stereocenters. The Balaban J connectivity index is 2.07. The van der Waals surface area contributed by atoms with Crippen LogP contribution in [0.5, 0.6) is 0 Å². The molecule has 2 unspecified atom stereocenters. The van der Waals surface area contributed by atoms with Gasteiger partial charge in [-0.05, 0) is 18.4 Å². The highest BCUT2D eigenvalue weighted by Crippen LogP contribution is 2.20. The number of carbonyl (C=O) groups is 2. The first kappa shape index (κ1) is 15.4. The van der Waals surface area contributed by atoms with Crippen molar-refractivity contribution in [1.29, 1.82) is 0 Å². The number of hydrogen-bond donors (Lipinski definition) is 2. The van der Waals surface area contributed by atoms with E-state index in [4.69, 9.17) is 23.7 Å². The normalized spacial score (nSPS) is 19.2. The number of rotatable bonds is 5. The van der Waals surface area contributed by atoms with Crippen LogP contribution in [0.15, 0.2) is 30.3 Å². The Morgan fingerprint density at radius 1 is 1.29 bits per heavy atom. The summed E-state index contributed by atoms with van der Waals surface area (Å²) in [5, 5.41) is 0. The van der Waals surface area contributed by atoms with E-state index < -0.39 is 5.92 Å². The number of likely N-dealkylation sites (tertiary alicyclic amines) is 1. The zero-order valence-corrected chi connectivity index (χ0v) is 12.5. The predicted molar refractivity (Wildman–Crippen MR) is 84.3 cm³/mol. The van der Waals surface area contributed by atoms with Gasteiger partial charge in [-0.3, -0.25) is 9.59 Å². The maximum atomic E-state index is 12.6. The zero-order valence-electron chi connectivity index (χ0n) is 11.7. The topological polar surface area (TPSA) is 89.4 Å². The van der Waals surface area contributed by atoms with Crippen LogP contribution in [0.1, 0.15) is 12.0 Å². The van der Waals surface area contributed by atoms with Crippen LogP contribution < -0.4 is 11.5 Å². The molecule has 0 bridgehead atoms. The molecule has 0 spiro atoms. The summed E-state index contributed by atoms with van der Waals surface area (Å²) in [5.41, 5.74) is 12.0. The molecule has 0 saturated carbocycles. The lowest BCUT2D eigenvalue weighted by Crippen LogP contribution is -2.41. The minimum Gasteiger partial charge on any atom is -0.393 e. The van der Waals surface area contributed by atoms with Crippen LogP contribution in [-0.4, -0.2) is 34.8 Å². The second-order valence-electron chi connectivity index (χ2n) is 5.32. The van der Waals surface area contributed by atoms with E-state index in [1.807, 2.05) is 30.3 Å². The van der Waals surface area contributed by atoms with Gasteiger partial charge in [0, 0.05) is 13.1 Å². The van der Waals surface area contributed by atoms with Crippen LogP contribution in [0.2, 0.25) is 0 Å². The van der Waals surface area contributed by atoms with E-state index in [2.05, 4.69) is 0 Å². The summed E-state index contributed by atoms with van der Waals surface area (Å²) in [6, 6.07) is 9.62. The van der Waals surface area contributed by atoms with Crippen molar-refractivity contribution in [3.8, 4) is 0 Å². The third kappa shape index (κ3) is 3.78. The van der Waals surface area contributed by atoms with E-state index in [1.165, 1.54) is 0 Å². The first-order valence-electron chi connectivity index (χ1n) is 6.90. The number of amides is 2. The minimum absolute atomic E-state index is 0.116. The lowest BCUT2D eigenvalue weighted by atomic mass is 9.98. The van der Waals surface area contributed by atoms with E-state index in [9.17, 15) is 9.59 Å². The van der Waals surface area contributed by atoms with Crippen molar-refractivity contribution in [2.24, 2.45) is 23.3 Å². The van der Waals surface area contributed by atoms with E-state index >= 15 is 0 Å². The molecule has 5 nitrogen and oxygen atoms in total. The van der Waals surface area contributed by atoms with Gasteiger partial charge in [0.15, 0.2) is 0 Å². The van der Waals surface area contributed by atoms with Gasteiger partial charge in [0.1, 0.15) is 0 Å². The van der Waals surface area contributed by atoms with Crippen LogP contribution in [-0.2, 0) is 16.0 Å². The van der Waals surface area contributed by atoms with Crippen molar-refractivity contribution >= 4 is 29.0 Å². The predicted octanol–water partition coefficient (Wildman–Crippen LogP) is 0.465. The Hall–Kier alpha value is -1.95. The van der Waals surface area contributed by atoms with Gasteiger partial charge in [0.2, 0.25) is 11.8 Å². The SMILES string of the molecule is NC(=O)C1CCN(C(=O)C(Cc2ccccc2)C(N)=S)C1. The van der Waals surface area contributed by atoms with Crippen molar-refractivity contribution in [3.05, 3.63) is 35.9 Å². The highest BCUT2D eigenvalue weighted by atomic mass is 32.1. The number of thiocarbonyl (C=S) groups is 1. The fourth-order valence-electron chi connectivity index (χ4n) is 2.57. The van der Waals surface area contributed by atoms with Crippen molar-refractivity contribution < 1.29 is 9.59 Å². The van der Waals surface area contributed by atoms with Gasteiger partial charge in [0.05, 0.1) is 16.8 Å². The van der Waals surface area contributed by atoms with Gasteiger partial charge in [-0.25, -0.2) is 0 Å². The van der Waals surface area contributed by atoms with Gasteiger partial charge in [-0.2, -0.15) is 0 Å². The second kappa shape index (κ2) is 6.67. The monoisotopic (exact) mass is 305 g/mol. The molecule has 6 heteroatoms. The summed E-state index contributed by atoms with van der Waals surface area (Å²) >= 11 is 5.05. The highest BCUT2D eigenvalue weighted by Gasteiger charge is 2.34. The summed E-state index contributed by atoms with van der Waals surface area (Å²) in [6.07, 6.45) is 1.09. The van der Waals surface area contributed by atoms with E-state index in [0.717, 1.165) is 5.56 Å². The van der Waals surface area contributed by atoms with E-state index in [-0.39, 0.29) is 22.7 Å². The molecule has 2 rings (SSSR count). The summed E-state index contributed by atoms with van der Waals surface area (Å²) in [4.78, 5) is 25.6. The first-order valence-corrected chi connectivity index (χ1v) is 7.31. The standard InChI is InChI=1S/C15H19N3O2S/c16-13(19)11-6-7-18(9-11)15(20)12(14(17)21)8-10-4-2-1-3-5-10/h1-5,11-12H,6-9H2,(H2,16,19)(H2,17,21). The van der Waals surface area contributed by atoms with Crippen LogP contribution in [0.25, 0.3) is 0 Å². The smallest absolute Gasteiger partial charge is 0.232 e. The highest BCUT2D eigenvalue weighted by molar-refractivity contribution is 7.80. The molecule has 0 aliphatic carbocycles. The maximum absolute atomic E-state index is 12.6.